The molecule has 0 amide bonds. The summed E-state index contributed by atoms with van der Waals surface area (Å²) in [5.41, 5.74) is 1.20. The van der Waals surface area contributed by atoms with Gasteiger partial charge in [0.05, 0.1) is 24.6 Å². The van der Waals surface area contributed by atoms with Crippen molar-refractivity contribution in [3.63, 3.8) is 0 Å². The highest BCUT2D eigenvalue weighted by atomic mass is 79.9. The molecule has 1 aliphatic carbocycles. The summed E-state index contributed by atoms with van der Waals surface area (Å²) >= 11 is 8.22. The SMILES string of the molecule is CCCCC(CC)CC1C(=O)c2c(Br)sc(Br)c2C1=O. The third-order valence-electron chi connectivity index (χ3n) is 4.06. The Bertz CT molecular complexity index is 500. The van der Waals surface area contributed by atoms with Gasteiger partial charge in [0.2, 0.25) is 0 Å². The van der Waals surface area contributed by atoms with Gasteiger partial charge in [-0.15, -0.1) is 11.3 Å². The van der Waals surface area contributed by atoms with E-state index in [1.165, 1.54) is 17.8 Å². The molecular weight excluding hydrogens is 404 g/mol. The Balaban J connectivity index is 2.18. The second-order valence-corrected chi connectivity index (χ2v) is 8.99. The standard InChI is InChI=1S/C15H18Br2O2S/c1-3-5-6-8(4-2)7-9-12(18)10-11(13(9)19)15(17)20-14(10)16/h8-9H,3-7H2,1-2H3. The molecule has 110 valence electrons. The van der Waals surface area contributed by atoms with E-state index >= 15 is 0 Å². The van der Waals surface area contributed by atoms with E-state index in [1.54, 1.807) is 0 Å². The minimum Gasteiger partial charge on any atom is -0.293 e. The van der Waals surface area contributed by atoms with Gasteiger partial charge in [-0.25, -0.2) is 0 Å². The van der Waals surface area contributed by atoms with Gasteiger partial charge in [-0.2, -0.15) is 0 Å². The summed E-state index contributed by atoms with van der Waals surface area (Å²) in [5, 5.41) is 0. The van der Waals surface area contributed by atoms with Crippen molar-refractivity contribution >= 4 is 54.8 Å². The van der Waals surface area contributed by atoms with Crippen LogP contribution in [-0.2, 0) is 0 Å². The molecule has 0 aromatic carbocycles. The van der Waals surface area contributed by atoms with Crippen LogP contribution in [0.2, 0.25) is 0 Å². The van der Waals surface area contributed by atoms with Crippen LogP contribution in [0.5, 0.6) is 0 Å². The number of carbonyl (C=O) groups is 2. The van der Waals surface area contributed by atoms with Gasteiger partial charge in [-0.1, -0.05) is 39.5 Å². The number of carbonyl (C=O) groups excluding carboxylic acids is 2. The topological polar surface area (TPSA) is 34.1 Å². The number of halogens is 2. The lowest BCUT2D eigenvalue weighted by Crippen LogP contribution is -2.19. The van der Waals surface area contributed by atoms with E-state index in [2.05, 4.69) is 45.7 Å². The van der Waals surface area contributed by atoms with Crippen molar-refractivity contribution in [3.05, 3.63) is 18.7 Å². The van der Waals surface area contributed by atoms with Crippen molar-refractivity contribution in [2.45, 2.75) is 46.0 Å². The van der Waals surface area contributed by atoms with Gasteiger partial charge in [-0.3, -0.25) is 9.59 Å². The number of ketones is 2. The number of hydrogen-bond acceptors (Lipinski definition) is 3. The monoisotopic (exact) mass is 420 g/mol. The molecule has 1 unspecified atom stereocenters. The van der Waals surface area contributed by atoms with Crippen LogP contribution in [-0.4, -0.2) is 11.6 Å². The van der Waals surface area contributed by atoms with E-state index in [9.17, 15) is 9.59 Å². The quantitative estimate of drug-likeness (QED) is 0.537. The number of fused-ring (bicyclic) bond motifs is 1. The van der Waals surface area contributed by atoms with Crippen LogP contribution in [0.15, 0.2) is 7.57 Å². The first kappa shape index (κ1) is 16.4. The molecule has 0 aliphatic heterocycles. The summed E-state index contributed by atoms with van der Waals surface area (Å²) in [6, 6.07) is 0. The number of unbranched alkanes of at least 4 members (excludes halogenated alkanes) is 1. The zero-order valence-electron chi connectivity index (χ0n) is 11.7. The summed E-state index contributed by atoms with van der Waals surface area (Å²) in [6.45, 7) is 4.31. The van der Waals surface area contributed by atoms with Crippen molar-refractivity contribution in [2.24, 2.45) is 11.8 Å². The Labute approximate surface area is 140 Å². The fraction of sp³-hybridized carbons (Fsp3) is 0.600. The van der Waals surface area contributed by atoms with Crippen LogP contribution < -0.4 is 0 Å². The maximum Gasteiger partial charge on any atom is 0.176 e. The highest BCUT2D eigenvalue weighted by Gasteiger charge is 2.43. The molecule has 0 fully saturated rings. The van der Waals surface area contributed by atoms with Crippen molar-refractivity contribution in [1.82, 2.24) is 0 Å². The lowest BCUT2D eigenvalue weighted by atomic mass is 9.86. The Kier molecular flexibility index (Phi) is 5.60. The highest BCUT2D eigenvalue weighted by molar-refractivity contribution is 9.12. The van der Waals surface area contributed by atoms with Gasteiger partial charge in [0.25, 0.3) is 0 Å². The average molecular weight is 422 g/mol. The maximum atomic E-state index is 12.5. The third-order valence-corrected chi connectivity index (χ3v) is 6.59. The maximum absolute atomic E-state index is 12.5. The van der Waals surface area contributed by atoms with E-state index < -0.39 is 5.92 Å². The van der Waals surface area contributed by atoms with Crippen LogP contribution in [0.1, 0.15) is 66.7 Å². The summed E-state index contributed by atoms with van der Waals surface area (Å²) in [4.78, 5) is 25.0. The molecule has 0 radical (unpaired) electrons. The van der Waals surface area contributed by atoms with E-state index in [-0.39, 0.29) is 11.6 Å². The smallest absolute Gasteiger partial charge is 0.176 e. The molecule has 0 N–H and O–H groups in total. The number of thiophene rings is 1. The number of rotatable bonds is 6. The summed E-state index contributed by atoms with van der Waals surface area (Å²) in [6.07, 6.45) is 5.17. The molecule has 2 nitrogen and oxygen atoms in total. The molecule has 2 rings (SSSR count). The average Bonchev–Trinajstić information content (AvgIpc) is 2.84. The fourth-order valence-corrected chi connectivity index (χ4v) is 5.99. The highest BCUT2D eigenvalue weighted by Crippen LogP contribution is 2.45. The zero-order valence-corrected chi connectivity index (χ0v) is 15.7. The van der Waals surface area contributed by atoms with Crippen molar-refractivity contribution in [2.75, 3.05) is 0 Å². The lowest BCUT2D eigenvalue weighted by molar-refractivity contribution is 0.0812. The molecule has 1 aliphatic rings. The molecule has 0 saturated carbocycles. The third kappa shape index (κ3) is 2.95. The molecule has 1 aromatic heterocycles. The van der Waals surface area contributed by atoms with Gasteiger partial charge >= 0.3 is 0 Å². The van der Waals surface area contributed by atoms with Crippen LogP contribution in [0.25, 0.3) is 0 Å². The van der Waals surface area contributed by atoms with Gasteiger partial charge in [-0.05, 0) is 44.2 Å². The first-order valence-corrected chi connectivity index (χ1v) is 9.47. The molecule has 0 bridgehead atoms. The second-order valence-electron chi connectivity index (χ2n) is 5.33. The Morgan fingerprint density at radius 3 is 2.10 bits per heavy atom. The summed E-state index contributed by atoms with van der Waals surface area (Å²) < 4.78 is 1.56. The van der Waals surface area contributed by atoms with Gasteiger partial charge in [0.15, 0.2) is 11.6 Å². The zero-order chi connectivity index (χ0) is 14.9. The molecule has 0 saturated heterocycles. The van der Waals surface area contributed by atoms with Crippen molar-refractivity contribution in [1.29, 1.82) is 0 Å². The van der Waals surface area contributed by atoms with Crippen LogP contribution in [0.3, 0.4) is 0 Å². The van der Waals surface area contributed by atoms with Crippen LogP contribution in [0.4, 0.5) is 0 Å². The molecule has 1 atom stereocenters. The van der Waals surface area contributed by atoms with Gasteiger partial charge < -0.3 is 0 Å². The van der Waals surface area contributed by atoms with Gasteiger partial charge in [0.1, 0.15) is 0 Å². The van der Waals surface area contributed by atoms with Crippen molar-refractivity contribution < 1.29 is 9.59 Å². The van der Waals surface area contributed by atoms with Crippen molar-refractivity contribution in [3.8, 4) is 0 Å². The Morgan fingerprint density at radius 2 is 1.65 bits per heavy atom. The molecule has 1 aromatic rings. The van der Waals surface area contributed by atoms with Crippen LogP contribution >= 0.6 is 43.2 Å². The molecule has 1 heterocycles. The molecule has 0 spiro atoms. The first-order chi connectivity index (χ1) is 9.51. The first-order valence-electron chi connectivity index (χ1n) is 7.07. The lowest BCUT2D eigenvalue weighted by Gasteiger charge is -2.17. The number of Topliss-reactive ketones (excluding diaryl/α,β-unsaturated/α-hetero) is 2. The molecule has 20 heavy (non-hydrogen) atoms. The summed E-state index contributed by atoms with van der Waals surface area (Å²) in [5.74, 6) is 0.0310. The Hall–Kier alpha value is -0.000000000000000167. The Morgan fingerprint density at radius 1 is 1.10 bits per heavy atom. The van der Waals surface area contributed by atoms with E-state index in [1.807, 2.05) is 0 Å². The number of hydrogen-bond donors (Lipinski definition) is 0. The minimum absolute atomic E-state index is 0.00812. The van der Waals surface area contributed by atoms with E-state index in [0.717, 1.165) is 26.8 Å². The van der Waals surface area contributed by atoms with E-state index in [0.29, 0.717) is 23.5 Å². The fourth-order valence-electron chi connectivity index (χ4n) is 2.81. The predicted octanol–water partition coefficient (Wildman–Crippen LogP) is 5.87. The minimum atomic E-state index is -0.456. The second kappa shape index (κ2) is 6.84. The van der Waals surface area contributed by atoms with Crippen LogP contribution in [0, 0.1) is 11.8 Å². The predicted molar refractivity (Wildman–Crippen MR) is 89.8 cm³/mol. The molecule has 5 heteroatoms. The largest absolute Gasteiger partial charge is 0.293 e. The normalized spacial score (nSPS) is 16.8. The van der Waals surface area contributed by atoms with E-state index in [4.69, 9.17) is 0 Å². The van der Waals surface area contributed by atoms with Gasteiger partial charge in [0, 0.05) is 0 Å². The molecular formula is C15H18Br2O2S. The summed E-state index contributed by atoms with van der Waals surface area (Å²) in [7, 11) is 0.